The second kappa shape index (κ2) is 6.34. The third-order valence-electron chi connectivity index (χ3n) is 4.23. The van der Waals surface area contributed by atoms with Gasteiger partial charge in [0.1, 0.15) is 5.58 Å². The van der Waals surface area contributed by atoms with Crippen molar-refractivity contribution >= 4 is 26.9 Å². The number of furan rings is 1. The van der Waals surface area contributed by atoms with Crippen LogP contribution in [0.25, 0.3) is 11.0 Å². The zero-order valence-electron chi connectivity index (χ0n) is 13.8. The van der Waals surface area contributed by atoms with Gasteiger partial charge >= 0.3 is 0 Å². The molecule has 1 amide bonds. The zero-order chi connectivity index (χ0) is 18.2. The predicted molar refractivity (Wildman–Crippen MR) is 94.5 cm³/mol. The molecule has 0 aliphatic heterocycles. The van der Waals surface area contributed by atoms with Crippen molar-refractivity contribution in [1.29, 1.82) is 0 Å². The Labute approximate surface area is 145 Å². The highest BCUT2D eigenvalue weighted by Crippen LogP contribution is 2.25. The molecule has 2 N–H and O–H groups in total. The highest BCUT2D eigenvalue weighted by Gasteiger charge is 2.22. The molecule has 3 rings (SSSR count). The topological polar surface area (TPSA) is 93.6 Å². The van der Waals surface area contributed by atoms with Gasteiger partial charge in [0.2, 0.25) is 10.0 Å². The van der Waals surface area contributed by atoms with Crippen molar-refractivity contribution in [3.63, 3.8) is 0 Å². The normalized spacial score (nSPS) is 12.9. The number of amides is 1. The molecule has 130 valence electrons. The first-order valence-corrected chi connectivity index (χ1v) is 9.20. The number of carbonyl (C=O) groups is 1. The molecule has 0 saturated heterocycles. The Balaban J connectivity index is 1.83. The quantitative estimate of drug-likeness (QED) is 0.776. The van der Waals surface area contributed by atoms with Crippen molar-refractivity contribution in [3.8, 4) is 0 Å². The molecule has 2 aromatic carbocycles. The molecule has 0 fully saturated rings. The van der Waals surface area contributed by atoms with Crippen LogP contribution in [0.3, 0.4) is 0 Å². The minimum absolute atomic E-state index is 0.0368. The van der Waals surface area contributed by atoms with E-state index in [1.54, 1.807) is 30.1 Å². The van der Waals surface area contributed by atoms with Gasteiger partial charge in [-0.15, -0.1) is 0 Å². The van der Waals surface area contributed by atoms with Gasteiger partial charge in [0, 0.05) is 12.4 Å². The van der Waals surface area contributed by atoms with Gasteiger partial charge in [-0.25, -0.2) is 13.6 Å². The van der Waals surface area contributed by atoms with Crippen LogP contribution < -0.4 is 5.14 Å². The standard InChI is InChI=1S/C18H18N2O4S/c1-12(13-7-9-15(10-8-13)25(19,22)23)20(2)18(21)17-11-14-5-3-4-6-16(14)24-17/h3-12H,1-2H3,(H2,19,22,23). The smallest absolute Gasteiger partial charge is 0.289 e. The molecule has 0 radical (unpaired) electrons. The van der Waals surface area contributed by atoms with Crippen molar-refractivity contribution < 1.29 is 17.6 Å². The second-order valence-corrected chi connectivity index (χ2v) is 7.42. The molecule has 25 heavy (non-hydrogen) atoms. The van der Waals surface area contributed by atoms with E-state index < -0.39 is 10.0 Å². The van der Waals surface area contributed by atoms with Crippen molar-refractivity contribution in [2.75, 3.05) is 7.05 Å². The maximum absolute atomic E-state index is 12.7. The summed E-state index contributed by atoms with van der Waals surface area (Å²) < 4.78 is 28.3. The first kappa shape index (κ1) is 17.2. The number of benzene rings is 2. The molecular weight excluding hydrogens is 340 g/mol. The molecule has 1 unspecified atom stereocenters. The summed E-state index contributed by atoms with van der Waals surface area (Å²) in [4.78, 5) is 14.3. The summed E-state index contributed by atoms with van der Waals surface area (Å²) in [5, 5.41) is 5.96. The largest absolute Gasteiger partial charge is 0.451 e. The average molecular weight is 358 g/mol. The van der Waals surface area contributed by atoms with Crippen molar-refractivity contribution in [1.82, 2.24) is 4.90 Å². The monoisotopic (exact) mass is 358 g/mol. The van der Waals surface area contributed by atoms with Crippen LogP contribution in [-0.4, -0.2) is 26.3 Å². The summed E-state index contributed by atoms with van der Waals surface area (Å²) in [5.41, 5.74) is 1.45. The van der Waals surface area contributed by atoms with Crippen LogP contribution in [0.5, 0.6) is 0 Å². The lowest BCUT2D eigenvalue weighted by molar-refractivity contribution is 0.0713. The second-order valence-electron chi connectivity index (χ2n) is 5.85. The molecule has 6 nitrogen and oxygen atoms in total. The van der Waals surface area contributed by atoms with Crippen LogP contribution in [0.4, 0.5) is 0 Å². The molecule has 0 spiro atoms. The van der Waals surface area contributed by atoms with Gasteiger partial charge in [-0.05, 0) is 36.8 Å². The zero-order valence-corrected chi connectivity index (χ0v) is 14.7. The predicted octanol–water partition coefficient (Wildman–Crippen LogP) is 2.91. The summed E-state index contributed by atoms with van der Waals surface area (Å²) in [5.74, 6) is 0.0101. The van der Waals surface area contributed by atoms with Gasteiger partial charge < -0.3 is 9.32 Å². The number of fused-ring (bicyclic) bond motifs is 1. The number of rotatable bonds is 4. The molecule has 1 heterocycles. The fraction of sp³-hybridized carbons (Fsp3) is 0.167. The highest BCUT2D eigenvalue weighted by molar-refractivity contribution is 7.89. The lowest BCUT2D eigenvalue weighted by Crippen LogP contribution is -2.29. The van der Waals surface area contributed by atoms with Crippen molar-refractivity contribution in [2.24, 2.45) is 5.14 Å². The van der Waals surface area contributed by atoms with E-state index in [1.807, 2.05) is 31.2 Å². The number of nitrogens with two attached hydrogens (primary N) is 1. The van der Waals surface area contributed by atoms with E-state index in [9.17, 15) is 13.2 Å². The fourth-order valence-electron chi connectivity index (χ4n) is 2.60. The van der Waals surface area contributed by atoms with E-state index in [4.69, 9.17) is 9.56 Å². The van der Waals surface area contributed by atoms with Gasteiger partial charge in [0.25, 0.3) is 5.91 Å². The summed E-state index contributed by atoms with van der Waals surface area (Å²) in [6, 6.07) is 15.0. The first-order chi connectivity index (χ1) is 11.8. The molecule has 3 aromatic rings. The van der Waals surface area contributed by atoms with Gasteiger partial charge in [-0.2, -0.15) is 0 Å². The Morgan fingerprint density at radius 3 is 2.36 bits per heavy atom. The van der Waals surface area contributed by atoms with Gasteiger partial charge in [0.05, 0.1) is 10.9 Å². The maximum atomic E-state index is 12.7. The Bertz CT molecular complexity index is 990. The van der Waals surface area contributed by atoms with E-state index in [-0.39, 0.29) is 22.6 Å². The van der Waals surface area contributed by atoms with Crippen LogP contribution in [0.2, 0.25) is 0 Å². The number of nitrogens with zero attached hydrogens (tertiary/aromatic N) is 1. The minimum atomic E-state index is -3.74. The third-order valence-corrected chi connectivity index (χ3v) is 5.16. The van der Waals surface area contributed by atoms with E-state index in [2.05, 4.69) is 0 Å². The molecule has 1 atom stereocenters. The number of hydrogen-bond acceptors (Lipinski definition) is 4. The number of hydrogen-bond donors (Lipinski definition) is 1. The molecular formula is C18H18N2O4S. The SMILES string of the molecule is CC(c1ccc(S(N)(=O)=O)cc1)N(C)C(=O)c1cc2ccccc2o1. The fourth-order valence-corrected chi connectivity index (χ4v) is 3.11. The number of sulfonamides is 1. The summed E-state index contributed by atoms with van der Waals surface area (Å²) in [7, 11) is -2.06. The Morgan fingerprint density at radius 1 is 1.12 bits per heavy atom. The summed E-state index contributed by atoms with van der Waals surface area (Å²) in [6.07, 6.45) is 0. The van der Waals surface area contributed by atoms with E-state index >= 15 is 0 Å². The molecule has 0 saturated carbocycles. The lowest BCUT2D eigenvalue weighted by Gasteiger charge is -2.24. The van der Waals surface area contributed by atoms with E-state index in [0.29, 0.717) is 5.58 Å². The average Bonchev–Trinajstić information content (AvgIpc) is 3.03. The molecule has 0 bridgehead atoms. The summed E-state index contributed by atoms with van der Waals surface area (Å²) in [6.45, 7) is 1.85. The van der Waals surface area contributed by atoms with Crippen LogP contribution in [0.1, 0.15) is 29.1 Å². The maximum Gasteiger partial charge on any atom is 0.289 e. The lowest BCUT2D eigenvalue weighted by atomic mass is 10.1. The van der Waals surface area contributed by atoms with Crippen LogP contribution in [0.15, 0.2) is 63.9 Å². The van der Waals surface area contributed by atoms with E-state index in [0.717, 1.165) is 10.9 Å². The van der Waals surface area contributed by atoms with Crippen LogP contribution in [-0.2, 0) is 10.0 Å². The van der Waals surface area contributed by atoms with E-state index in [1.165, 1.54) is 12.1 Å². The number of primary sulfonamides is 1. The van der Waals surface area contributed by atoms with Crippen LogP contribution in [0, 0.1) is 0 Å². The Morgan fingerprint density at radius 2 is 1.76 bits per heavy atom. The third kappa shape index (κ3) is 3.42. The Hall–Kier alpha value is -2.64. The number of carbonyl (C=O) groups excluding carboxylic acids is 1. The molecule has 7 heteroatoms. The van der Waals surface area contributed by atoms with Crippen molar-refractivity contribution in [3.05, 3.63) is 65.9 Å². The molecule has 0 aliphatic carbocycles. The van der Waals surface area contributed by atoms with Crippen molar-refractivity contribution in [2.45, 2.75) is 17.9 Å². The van der Waals surface area contributed by atoms with Gasteiger partial charge in [-0.1, -0.05) is 30.3 Å². The summed E-state index contributed by atoms with van der Waals surface area (Å²) >= 11 is 0. The molecule has 1 aromatic heterocycles. The van der Waals surface area contributed by atoms with Crippen LogP contribution >= 0.6 is 0 Å². The van der Waals surface area contributed by atoms with Gasteiger partial charge in [0.15, 0.2) is 5.76 Å². The molecule has 0 aliphatic rings. The van der Waals surface area contributed by atoms with Gasteiger partial charge in [-0.3, -0.25) is 4.79 Å². The Kier molecular flexibility index (Phi) is 4.36. The number of para-hydroxylation sites is 1. The minimum Gasteiger partial charge on any atom is -0.451 e. The highest BCUT2D eigenvalue weighted by atomic mass is 32.2. The first-order valence-electron chi connectivity index (χ1n) is 7.66.